The Hall–Kier alpha value is -0.140. The first-order chi connectivity index (χ1) is 8.87. The Balaban J connectivity index is 2.21. The molecule has 1 aliphatic rings. The van der Waals surface area contributed by atoms with Gasteiger partial charge in [0.05, 0.1) is 18.1 Å². The van der Waals surface area contributed by atoms with E-state index < -0.39 is 25.2 Å². The maximum Gasteiger partial charge on any atom is 0.271 e. The number of sulfone groups is 1. The summed E-state index contributed by atoms with van der Waals surface area (Å²) in [6.07, 6.45) is 6.49. The summed E-state index contributed by atoms with van der Waals surface area (Å²) in [6, 6.07) is 0. The fraction of sp³-hybridized carbons (Fsp3) is 1.00. The zero-order valence-electron chi connectivity index (χ0n) is 11.5. The van der Waals surface area contributed by atoms with Crippen LogP contribution in [0.4, 0.5) is 0 Å². The summed E-state index contributed by atoms with van der Waals surface area (Å²) in [5.74, 6) is -0.330. The fourth-order valence-electron chi connectivity index (χ4n) is 2.14. The van der Waals surface area contributed by atoms with Crippen LogP contribution in [0.1, 0.15) is 51.9 Å². The number of rotatable bonds is 9. The third kappa shape index (κ3) is 6.23. The molecule has 0 aromatic carbocycles. The molecule has 1 aliphatic heterocycles. The number of unbranched alkanes of at least 4 members (excludes halogenated alkanes) is 5. The fourth-order valence-corrected chi connectivity index (χ4v) is 6.07. The summed E-state index contributed by atoms with van der Waals surface area (Å²) < 4.78 is 50.9. The van der Waals surface area contributed by atoms with Gasteiger partial charge in [0.15, 0.2) is 9.84 Å². The van der Waals surface area contributed by atoms with E-state index in [4.69, 9.17) is 4.18 Å². The number of hydrogen-bond donors (Lipinski definition) is 0. The van der Waals surface area contributed by atoms with E-state index in [9.17, 15) is 16.8 Å². The highest BCUT2D eigenvalue weighted by Crippen LogP contribution is 2.20. The molecule has 0 bridgehead atoms. The molecule has 1 atom stereocenters. The van der Waals surface area contributed by atoms with Crippen LogP contribution >= 0.6 is 0 Å². The van der Waals surface area contributed by atoms with Gasteiger partial charge >= 0.3 is 0 Å². The van der Waals surface area contributed by atoms with Crippen LogP contribution in [0, 0.1) is 0 Å². The van der Waals surface area contributed by atoms with Crippen LogP contribution in [0.3, 0.4) is 0 Å². The third-order valence-corrected chi connectivity index (χ3v) is 7.04. The lowest BCUT2D eigenvalue weighted by molar-refractivity contribution is 0.301. The summed E-state index contributed by atoms with van der Waals surface area (Å²) in [4.78, 5) is 0. The Morgan fingerprint density at radius 2 is 1.74 bits per heavy atom. The first kappa shape index (κ1) is 16.9. The van der Waals surface area contributed by atoms with E-state index in [1.54, 1.807) is 0 Å². The standard InChI is InChI=1S/C12H24O5S2/c1-2-3-4-5-6-7-9-17-19(15,16)12-8-10-18(13,14)11-12/h12H,2-11H2,1H3. The van der Waals surface area contributed by atoms with Crippen molar-refractivity contribution in [3.05, 3.63) is 0 Å². The average molecular weight is 312 g/mol. The van der Waals surface area contributed by atoms with Gasteiger partial charge in [-0.1, -0.05) is 39.0 Å². The van der Waals surface area contributed by atoms with Crippen molar-refractivity contribution >= 4 is 20.0 Å². The predicted octanol–water partition coefficient (Wildman–Crippen LogP) is 1.88. The molecule has 5 nitrogen and oxygen atoms in total. The molecule has 0 amide bonds. The highest BCUT2D eigenvalue weighted by atomic mass is 32.2. The Bertz CT molecular complexity index is 453. The zero-order valence-corrected chi connectivity index (χ0v) is 13.1. The summed E-state index contributed by atoms with van der Waals surface area (Å²) in [5, 5.41) is -0.863. The zero-order chi connectivity index (χ0) is 14.4. The summed E-state index contributed by atoms with van der Waals surface area (Å²) in [6.45, 7) is 2.32. The van der Waals surface area contributed by atoms with Gasteiger partial charge in [-0.3, -0.25) is 4.18 Å². The van der Waals surface area contributed by atoms with Crippen molar-refractivity contribution < 1.29 is 21.0 Å². The molecule has 1 saturated heterocycles. The molecular formula is C12H24O5S2. The molecule has 0 radical (unpaired) electrons. The van der Waals surface area contributed by atoms with Crippen LogP contribution in [0.2, 0.25) is 0 Å². The second kappa shape index (κ2) is 7.59. The van der Waals surface area contributed by atoms with Crippen molar-refractivity contribution in [1.82, 2.24) is 0 Å². The van der Waals surface area contributed by atoms with E-state index in [-0.39, 0.29) is 24.5 Å². The smallest absolute Gasteiger partial charge is 0.270 e. The molecule has 1 rings (SSSR count). The summed E-state index contributed by atoms with van der Waals surface area (Å²) >= 11 is 0. The van der Waals surface area contributed by atoms with Gasteiger partial charge < -0.3 is 0 Å². The van der Waals surface area contributed by atoms with Gasteiger partial charge in [-0.25, -0.2) is 8.42 Å². The van der Waals surface area contributed by atoms with E-state index in [1.165, 1.54) is 19.3 Å². The van der Waals surface area contributed by atoms with E-state index in [2.05, 4.69) is 6.92 Å². The van der Waals surface area contributed by atoms with Gasteiger partial charge in [0.1, 0.15) is 5.25 Å². The minimum absolute atomic E-state index is 0.0444. The molecule has 1 fully saturated rings. The highest BCUT2D eigenvalue weighted by molar-refractivity contribution is 7.94. The van der Waals surface area contributed by atoms with Crippen molar-refractivity contribution in [2.24, 2.45) is 0 Å². The Labute approximate surface area is 116 Å². The molecular weight excluding hydrogens is 288 g/mol. The van der Waals surface area contributed by atoms with Crippen LogP contribution in [-0.4, -0.2) is 40.2 Å². The lowest BCUT2D eigenvalue weighted by Crippen LogP contribution is -2.25. The van der Waals surface area contributed by atoms with Crippen molar-refractivity contribution in [2.45, 2.75) is 57.1 Å². The quantitative estimate of drug-likeness (QED) is 0.480. The van der Waals surface area contributed by atoms with Crippen molar-refractivity contribution in [2.75, 3.05) is 18.1 Å². The van der Waals surface area contributed by atoms with E-state index >= 15 is 0 Å². The summed E-state index contributed by atoms with van der Waals surface area (Å²) in [5.41, 5.74) is 0. The normalized spacial score (nSPS) is 22.7. The van der Waals surface area contributed by atoms with Crippen molar-refractivity contribution in [3.63, 3.8) is 0 Å². The van der Waals surface area contributed by atoms with Gasteiger partial charge in [0.2, 0.25) is 0 Å². The molecule has 7 heteroatoms. The molecule has 0 spiro atoms. The molecule has 0 aliphatic carbocycles. The minimum Gasteiger partial charge on any atom is -0.270 e. The maximum absolute atomic E-state index is 11.8. The van der Waals surface area contributed by atoms with Crippen molar-refractivity contribution in [1.29, 1.82) is 0 Å². The largest absolute Gasteiger partial charge is 0.271 e. The summed E-state index contributed by atoms with van der Waals surface area (Å²) in [7, 11) is -6.89. The Morgan fingerprint density at radius 1 is 1.11 bits per heavy atom. The SMILES string of the molecule is CCCCCCCCOS(=O)(=O)C1CCS(=O)(=O)C1. The maximum atomic E-state index is 11.8. The van der Waals surface area contributed by atoms with Crippen molar-refractivity contribution in [3.8, 4) is 0 Å². The monoisotopic (exact) mass is 312 g/mol. The highest BCUT2D eigenvalue weighted by Gasteiger charge is 2.37. The number of hydrogen-bond acceptors (Lipinski definition) is 5. The van der Waals surface area contributed by atoms with E-state index in [0.717, 1.165) is 12.8 Å². The second-order valence-electron chi connectivity index (χ2n) is 5.11. The first-order valence-electron chi connectivity index (χ1n) is 6.96. The third-order valence-electron chi connectivity index (χ3n) is 3.34. The van der Waals surface area contributed by atoms with Crippen LogP contribution < -0.4 is 0 Å². The van der Waals surface area contributed by atoms with E-state index in [0.29, 0.717) is 6.42 Å². The second-order valence-corrected chi connectivity index (χ2v) is 9.22. The molecule has 114 valence electrons. The minimum atomic E-state index is -3.71. The molecule has 19 heavy (non-hydrogen) atoms. The van der Waals surface area contributed by atoms with Crippen LogP contribution in [0.15, 0.2) is 0 Å². The Morgan fingerprint density at radius 3 is 2.32 bits per heavy atom. The first-order valence-corrected chi connectivity index (χ1v) is 10.3. The van der Waals surface area contributed by atoms with Gasteiger partial charge in [0, 0.05) is 0 Å². The molecule has 0 aromatic heterocycles. The lowest BCUT2D eigenvalue weighted by atomic mass is 10.1. The predicted molar refractivity (Wildman–Crippen MR) is 75.3 cm³/mol. The molecule has 1 unspecified atom stereocenters. The van der Waals surface area contributed by atoms with Crippen LogP contribution in [0.5, 0.6) is 0 Å². The van der Waals surface area contributed by atoms with Gasteiger partial charge in [-0.15, -0.1) is 0 Å². The lowest BCUT2D eigenvalue weighted by Gasteiger charge is -2.10. The Kier molecular flexibility index (Phi) is 6.76. The molecule has 0 saturated carbocycles. The van der Waals surface area contributed by atoms with Gasteiger partial charge in [-0.05, 0) is 12.8 Å². The van der Waals surface area contributed by atoms with Gasteiger partial charge in [0.25, 0.3) is 10.1 Å². The molecule has 0 N–H and O–H groups in total. The van der Waals surface area contributed by atoms with Crippen LogP contribution in [-0.2, 0) is 24.1 Å². The van der Waals surface area contributed by atoms with E-state index in [1.807, 2.05) is 0 Å². The van der Waals surface area contributed by atoms with Gasteiger partial charge in [-0.2, -0.15) is 8.42 Å². The molecule has 1 heterocycles. The topological polar surface area (TPSA) is 77.5 Å². The average Bonchev–Trinajstić information content (AvgIpc) is 2.69. The van der Waals surface area contributed by atoms with Crippen LogP contribution in [0.25, 0.3) is 0 Å². The molecule has 0 aromatic rings.